The zero-order chi connectivity index (χ0) is 22.4. The summed E-state index contributed by atoms with van der Waals surface area (Å²) in [6.07, 6.45) is 0.337. The van der Waals surface area contributed by atoms with Crippen LogP contribution in [0.4, 0.5) is 0 Å². The van der Waals surface area contributed by atoms with Crippen molar-refractivity contribution in [3.8, 4) is 16.9 Å². The van der Waals surface area contributed by atoms with Crippen molar-refractivity contribution >= 4 is 24.0 Å². The van der Waals surface area contributed by atoms with Gasteiger partial charge >= 0.3 is 5.97 Å². The molecule has 3 aromatic carbocycles. The van der Waals surface area contributed by atoms with Crippen LogP contribution in [0.5, 0.6) is 5.75 Å². The van der Waals surface area contributed by atoms with Gasteiger partial charge in [-0.05, 0) is 77.6 Å². The molecule has 0 aromatic heterocycles. The molecule has 0 heterocycles. The number of nitrogens with one attached hydrogen (secondary N) is 1. The van der Waals surface area contributed by atoms with Crippen LogP contribution in [-0.4, -0.2) is 17.5 Å². The van der Waals surface area contributed by atoms with E-state index in [9.17, 15) is 9.59 Å². The Morgan fingerprint density at radius 2 is 1.90 bits per heavy atom. The number of halogens is 1. The maximum absolute atomic E-state index is 11.1. The summed E-state index contributed by atoms with van der Waals surface area (Å²) in [5, 5.41) is 12.4. The van der Waals surface area contributed by atoms with Crippen LogP contribution in [0.15, 0.2) is 60.7 Å². The van der Waals surface area contributed by atoms with E-state index < -0.39 is 12.0 Å². The van der Waals surface area contributed by atoms with Crippen LogP contribution in [-0.2, 0) is 16.2 Å². The van der Waals surface area contributed by atoms with Gasteiger partial charge in [0, 0.05) is 5.02 Å². The molecule has 1 amide bonds. The van der Waals surface area contributed by atoms with Crippen LogP contribution in [0.2, 0.25) is 5.02 Å². The van der Waals surface area contributed by atoms with Gasteiger partial charge in [-0.1, -0.05) is 41.9 Å². The summed E-state index contributed by atoms with van der Waals surface area (Å²) in [5.74, 6) is -0.301. The number of aliphatic carboxylic acids is 1. The van der Waals surface area contributed by atoms with Crippen molar-refractivity contribution in [1.82, 2.24) is 5.32 Å². The molecule has 5 nitrogen and oxygen atoms in total. The molecule has 0 aliphatic rings. The molecule has 160 valence electrons. The molecule has 3 rings (SSSR count). The molecule has 2 N–H and O–H groups in total. The number of carbonyl (C=O) groups is 2. The van der Waals surface area contributed by atoms with Crippen molar-refractivity contribution in [2.24, 2.45) is 0 Å². The number of carboxylic acid groups (broad SMARTS) is 1. The summed E-state index contributed by atoms with van der Waals surface area (Å²) < 4.78 is 5.96. The minimum atomic E-state index is -0.977. The van der Waals surface area contributed by atoms with Gasteiger partial charge in [-0.2, -0.15) is 0 Å². The summed E-state index contributed by atoms with van der Waals surface area (Å²) in [4.78, 5) is 21.9. The molecule has 1 atom stereocenters. The number of carboxylic acids is 1. The monoisotopic (exact) mass is 437 g/mol. The summed E-state index contributed by atoms with van der Waals surface area (Å²) >= 11 is 6.07. The molecular formula is C25H24ClNO4. The van der Waals surface area contributed by atoms with E-state index in [4.69, 9.17) is 21.4 Å². The normalized spacial score (nSPS) is 11.6. The van der Waals surface area contributed by atoms with E-state index in [1.807, 2.05) is 50.2 Å². The first-order valence-electron chi connectivity index (χ1n) is 9.87. The number of ether oxygens (including phenoxy) is 1. The van der Waals surface area contributed by atoms with Gasteiger partial charge in [-0.25, -0.2) is 0 Å². The first-order valence-corrected chi connectivity index (χ1v) is 10.3. The van der Waals surface area contributed by atoms with Crippen LogP contribution in [0.25, 0.3) is 11.1 Å². The van der Waals surface area contributed by atoms with E-state index >= 15 is 0 Å². The number of amides is 1. The second-order valence-corrected chi connectivity index (χ2v) is 7.84. The van der Waals surface area contributed by atoms with E-state index in [1.165, 1.54) is 0 Å². The van der Waals surface area contributed by atoms with E-state index in [1.54, 1.807) is 12.1 Å². The Balaban J connectivity index is 1.73. The van der Waals surface area contributed by atoms with Crippen molar-refractivity contribution in [2.75, 3.05) is 0 Å². The molecule has 31 heavy (non-hydrogen) atoms. The first kappa shape index (κ1) is 22.4. The lowest BCUT2D eigenvalue weighted by molar-refractivity contribution is -0.137. The summed E-state index contributed by atoms with van der Waals surface area (Å²) in [7, 11) is 0. The smallest absolute Gasteiger partial charge is 0.305 e. The van der Waals surface area contributed by atoms with Crippen molar-refractivity contribution in [3.63, 3.8) is 0 Å². The van der Waals surface area contributed by atoms with E-state index in [0.29, 0.717) is 23.8 Å². The first-order chi connectivity index (χ1) is 14.9. The molecule has 1 unspecified atom stereocenters. The van der Waals surface area contributed by atoms with E-state index in [-0.39, 0.29) is 6.42 Å². The van der Waals surface area contributed by atoms with Crippen LogP contribution in [0.3, 0.4) is 0 Å². The largest absolute Gasteiger partial charge is 0.489 e. The van der Waals surface area contributed by atoms with E-state index in [2.05, 4.69) is 17.4 Å². The van der Waals surface area contributed by atoms with Crippen molar-refractivity contribution in [1.29, 1.82) is 0 Å². The molecule has 0 saturated heterocycles. The third-order valence-corrected chi connectivity index (χ3v) is 5.33. The highest BCUT2D eigenvalue weighted by molar-refractivity contribution is 6.30. The molecule has 0 bridgehead atoms. The van der Waals surface area contributed by atoms with Crippen LogP contribution >= 0.6 is 11.6 Å². The van der Waals surface area contributed by atoms with Gasteiger partial charge in [0.1, 0.15) is 12.4 Å². The third-order valence-electron chi connectivity index (χ3n) is 5.10. The van der Waals surface area contributed by atoms with Gasteiger partial charge in [0.2, 0.25) is 6.41 Å². The fourth-order valence-corrected chi connectivity index (χ4v) is 3.82. The molecule has 0 spiro atoms. The van der Waals surface area contributed by atoms with Gasteiger partial charge in [0.05, 0.1) is 12.5 Å². The predicted octanol–water partition coefficient (Wildman–Crippen LogP) is 5.46. The molecule has 0 aliphatic carbocycles. The minimum absolute atomic E-state index is 0.184. The quantitative estimate of drug-likeness (QED) is 0.435. The third kappa shape index (κ3) is 5.86. The molecular weight excluding hydrogens is 414 g/mol. The lowest BCUT2D eigenvalue weighted by atomic mass is 9.98. The van der Waals surface area contributed by atoms with Gasteiger partial charge < -0.3 is 15.2 Å². The summed E-state index contributed by atoms with van der Waals surface area (Å²) in [6.45, 7) is 4.30. The number of aryl methyl sites for hydroxylation is 2. The number of rotatable bonds is 9. The highest BCUT2D eigenvalue weighted by Crippen LogP contribution is 2.28. The second kappa shape index (κ2) is 10.1. The Labute approximate surface area is 186 Å². The average Bonchev–Trinajstić information content (AvgIpc) is 2.72. The van der Waals surface area contributed by atoms with E-state index in [0.717, 1.165) is 33.4 Å². The van der Waals surface area contributed by atoms with Gasteiger partial charge in [0.25, 0.3) is 0 Å². The highest BCUT2D eigenvalue weighted by Gasteiger charge is 2.17. The molecule has 6 heteroatoms. The highest BCUT2D eigenvalue weighted by atomic mass is 35.5. The fraction of sp³-hybridized carbons (Fsp3) is 0.200. The number of benzene rings is 3. The van der Waals surface area contributed by atoms with Crippen LogP contribution < -0.4 is 10.1 Å². The van der Waals surface area contributed by atoms with Gasteiger partial charge in [0.15, 0.2) is 0 Å². The summed E-state index contributed by atoms with van der Waals surface area (Å²) in [6, 6.07) is 18.9. The number of hydrogen-bond acceptors (Lipinski definition) is 3. The summed E-state index contributed by atoms with van der Waals surface area (Å²) in [5.41, 5.74) is 5.96. The minimum Gasteiger partial charge on any atom is -0.489 e. The standard InChI is InChI=1S/C25H24ClNO4/c1-16-10-20(26)6-8-22(16)19-5-3-4-18(12-19)14-31-21-7-9-23(17(2)11-21)24(27-15-28)13-25(29)30/h3-12,15,24H,13-14H2,1-2H3,(H,27,28)(H,29,30). The van der Waals surface area contributed by atoms with Crippen LogP contribution in [0.1, 0.15) is 34.7 Å². The number of carbonyl (C=O) groups excluding carboxylic acids is 1. The molecule has 0 saturated carbocycles. The van der Waals surface area contributed by atoms with Gasteiger partial charge in [-0.15, -0.1) is 0 Å². The van der Waals surface area contributed by atoms with Crippen molar-refractivity contribution in [2.45, 2.75) is 32.9 Å². The Morgan fingerprint density at radius 1 is 1.10 bits per heavy atom. The molecule has 0 fully saturated rings. The Morgan fingerprint density at radius 3 is 2.58 bits per heavy atom. The lowest BCUT2D eigenvalue weighted by Gasteiger charge is -2.18. The Hall–Kier alpha value is -3.31. The molecule has 0 radical (unpaired) electrons. The Bertz CT molecular complexity index is 1100. The zero-order valence-electron chi connectivity index (χ0n) is 17.4. The fourth-order valence-electron chi connectivity index (χ4n) is 3.59. The zero-order valence-corrected chi connectivity index (χ0v) is 18.1. The van der Waals surface area contributed by atoms with Crippen molar-refractivity contribution in [3.05, 3.63) is 87.9 Å². The second-order valence-electron chi connectivity index (χ2n) is 7.40. The van der Waals surface area contributed by atoms with Crippen molar-refractivity contribution < 1.29 is 19.4 Å². The average molecular weight is 438 g/mol. The van der Waals surface area contributed by atoms with Gasteiger partial charge in [-0.3, -0.25) is 9.59 Å². The van der Waals surface area contributed by atoms with Crippen LogP contribution in [0, 0.1) is 13.8 Å². The maximum atomic E-state index is 11.1. The predicted molar refractivity (Wildman–Crippen MR) is 121 cm³/mol. The molecule has 0 aliphatic heterocycles. The molecule has 3 aromatic rings. The SMILES string of the molecule is Cc1cc(Cl)ccc1-c1cccc(COc2ccc(C(CC(=O)O)NC=O)c(C)c2)c1. The topological polar surface area (TPSA) is 75.6 Å². The number of hydrogen-bond donors (Lipinski definition) is 2. The Kier molecular flexibility index (Phi) is 7.32. The maximum Gasteiger partial charge on any atom is 0.305 e. The lowest BCUT2D eigenvalue weighted by Crippen LogP contribution is -2.23.